The van der Waals surface area contributed by atoms with Gasteiger partial charge in [0, 0.05) is 18.8 Å². The van der Waals surface area contributed by atoms with Crippen molar-refractivity contribution in [2.75, 3.05) is 0 Å². The molecule has 2 atom stereocenters. The lowest BCUT2D eigenvalue weighted by Gasteiger charge is -2.36. The molecule has 2 aliphatic heterocycles. The number of ether oxygens (including phenoxy) is 2. The second-order valence-electron chi connectivity index (χ2n) is 6.44. The molecular formula is C15H20O6. The Morgan fingerprint density at radius 2 is 1.33 bits per heavy atom. The Bertz CT molecular complexity index is 435. The summed E-state index contributed by atoms with van der Waals surface area (Å²) in [7, 11) is 0. The van der Waals surface area contributed by atoms with E-state index in [9.17, 15) is 19.5 Å². The van der Waals surface area contributed by atoms with Crippen LogP contribution in [0.1, 0.15) is 44.9 Å². The number of cyclic esters (lactones) is 3. The zero-order valence-electron chi connectivity index (χ0n) is 11.8. The summed E-state index contributed by atoms with van der Waals surface area (Å²) in [4.78, 5) is 33.9. The second kappa shape index (κ2) is 5.75. The highest BCUT2D eigenvalue weighted by Gasteiger charge is 2.42. The number of aliphatic hydroxyl groups is 1. The SMILES string of the molecule is O=C1CC(C2CCC(C3CC(=O)OC3O)CC2)CC(=O)O1. The molecule has 0 aromatic rings. The van der Waals surface area contributed by atoms with Gasteiger partial charge in [0.05, 0.1) is 6.42 Å². The molecule has 6 heteroatoms. The number of rotatable bonds is 2. The van der Waals surface area contributed by atoms with Gasteiger partial charge in [-0.1, -0.05) is 0 Å². The molecule has 3 rings (SSSR count). The minimum absolute atomic E-state index is 0.0890. The summed E-state index contributed by atoms with van der Waals surface area (Å²) in [5.74, 6) is -0.521. The van der Waals surface area contributed by atoms with Gasteiger partial charge in [-0.3, -0.25) is 14.4 Å². The van der Waals surface area contributed by atoms with Crippen molar-refractivity contribution in [3.63, 3.8) is 0 Å². The van der Waals surface area contributed by atoms with E-state index in [1.54, 1.807) is 0 Å². The van der Waals surface area contributed by atoms with E-state index in [2.05, 4.69) is 4.74 Å². The molecule has 0 aromatic carbocycles. The zero-order chi connectivity index (χ0) is 15.0. The van der Waals surface area contributed by atoms with Gasteiger partial charge in [0.2, 0.25) is 6.29 Å². The van der Waals surface area contributed by atoms with Gasteiger partial charge in [0.25, 0.3) is 0 Å². The van der Waals surface area contributed by atoms with Gasteiger partial charge >= 0.3 is 17.9 Å². The van der Waals surface area contributed by atoms with Gasteiger partial charge in [-0.15, -0.1) is 0 Å². The topological polar surface area (TPSA) is 89.9 Å². The molecule has 2 heterocycles. The van der Waals surface area contributed by atoms with Crippen LogP contribution in [0.25, 0.3) is 0 Å². The summed E-state index contributed by atoms with van der Waals surface area (Å²) in [6, 6.07) is 0. The van der Waals surface area contributed by atoms with E-state index in [4.69, 9.17) is 4.74 Å². The molecule has 2 saturated heterocycles. The van der Waals surface area contributed by atoms with Crippen LogP contribution in [-0.4, -0.2) is 29.3 Å². The molecule has 0 radical (unpaired) electrons. The van der Waals surface area contributed by atoms with Crippen LogP contribution >= 0.6 is 0 Å². The van der Waals surface area contributed by atoms with E-state index in [1.807, 2.05) is 0 Å². The number of hydrogen-bond acceptors (Lipinski definition) is 6. The maximum Gasteiger partial charge on any atom is 0.313 e. The Hall–Kier alpha value is -1.43. The highest BCUT2D eigenvalue weighted by atomic mass is 16.6. The summed E-state index contributed by atoms with van der Waals surface area (Å²) in [6.07, 6.45) is 3.64. The van der Waals surface area contributed by atoms with E-state index in [0.717, 1.165) is 25.7 Å². The van der Waals surface area contributed by atoms with Crippen molar-refractivity contribution in [2.45, 2.75) is 51.2 Å². The van der Waals surface area contributed by atoms with E-state index in [-0.39, 0.29) is 23.7 Å². The summed E-state index contributed by atoms with van der Waals surface area (Å²) in [6.45, 7) is 0. The quantitative estimate of drug-likeness (QED) is 0.607. The first kappa shape index (κ1) is 14.5. The third-order valence-corrected chi connectivity index (χ3v) is 5.19. The first-order valence-electron chi connectivity index (χ1n) is 7.64. The van der Waals surface area contributed by atoms with Crippen LogP contribution in [0.4, 0.5) is 0 Å². The number of carbonyl (C=O) groups is 3. The lowest BCUT2D eigenvalue weighted by Crippen LogP contribution is -2.34. The molecule has 1 saturated carbocycles. The third kappa shape index (κ3) is 3.10. The Morgan fingerprint density at radius 3 is 1.86 bits per heavy atom. The molecule has 2 unspecified atom stereocenters. The molecule has 0 aromatic heterocycles. The average Bonchev–Trinajstić information content (AvgIpc) is 2.77. The predicted octanol–water partition coefficient (Wildman–Crippen LogP) is 1.15. The molecule has 21 heavy (non-hydrogen) atoms. The molecule has 0 amide bonds. The van der Waals surface area contributed by atoms with E-state index in [1.165, 1.54) is 0 Å². The maximum atomic E-state index is 11.3. The first-order chi connectivity index (χ1) is 10.0. The molecule has 0 bridgehead atoms. The Kier molecular flexibility index (Phi) is 3.97. The standard InChI is InChI=1S/C15H20O6/c16-12-5-10(6-13(17)20-12)8-1-3-9(4-2-8)11-7-14(18)21-15(11)19/h8-11,15,19H,1-7H2. The summed E-state index contributed by atoms with van der Waals surface area (Å²) in [5.41, 5.74) is 0. The summed E-state index contributed by atoms with van der Waals surface area (Å²) < 4.78 is 9.38. The van der Waals surface area contributed by atoms with Crippen LogP contribution in [0.3, 0.4) is 0 Å². The number of hydrogen-bond donors (Lipinski definition) is 1. The lowest BCUT2D eigenvalue weighted by atomic mass is 9.70. The van der Waals surface area contributed by atoms with Gasteiger partial charge in [-0.2, -0.15) is 0 Å². The predicted molar refractivity (Wildman–Crippen MR) is 69.5 cm³/mol. The van der Waals surface area contributed by atoms with Gasteiger partial charge in [-0.05, 0) is 43.4 Å². The number of aliphatic hydroxyl groups excluding tert-OH is 1. The Balaban J connectivity index is 1.54. The van der Waals surface area contributed by atoms with Gasteiger partial charge < -0.3 is 14.6 Å². The van der Waals surface area contributed by atoms with Crippen molar-refractivity contribution in [1.82, 2.24) is 0 Å². The molecule has 3 aliphatic rings. The largest absolute Gasteiger partial charge is 0.436 e. The molecule has 3 fully saturated rings. The van der Waals surface area contributed by atoms with Gasteiger partial charge in [0.15, 0.2) is 0 Å². The van der Waals surface area contributed by atoms with Crippen LogP contribution in [0, 0.1) is 23.7 Å². The van der Waals surface area contributed by atoms with Crippen molar-refractivity contribution in [3.05, 3.63) is 0 Å². The molecular weight excluding hydrogens is 276 g/mol. The monoisotopic (exact) mass is 296 g/mol. The molecule has 0 spiro atoms. The molecule has 6 nitrogen and oxygen atoms in total. The summed E-state index contributed by atoms with van der Waals surface area (Å²) >= 11 is 0. The van der Waals surface area contributed by atoms with Gasteiger partial charge in [-0.25, -0.2) is 0 Å². The maximum absolute atomic E-state index is 11.3. The summed E-state index contributed by atoms with van der Waals surface area (Å²) in [5, 5.41) is 9.75. The van der Waals surface area contributed by atoms with Crippen LogP contribution in [-0.2, 0) is 23.9 Å². The fourth-order valence-electron chi connectivity index (χ4n) is 4.05. The van der Waals surface area contributed by atoms with Crippen LogP contribution in [0.15, 0.2) is 0 Å². The van der Waals surface area contributed by atoms with E-state index in [0.29, 0.717) is 25.2 Å². The highest BCUT2D eigenvalue weighted by Crippen LogP contribution is 2.43. The zero-order valence-corrected chi connectivity index (χ0v) is 11.8. The molecule has 1 N–H and O–H groups in total. The molecule has 1 aliphatic carbocycles. The Morgan fingerprint density at radius 1 is 0.762 bits per heavy atom. The van der Waals surface area contributed by atoms with E-state index < -0.39 is 18.2 Å². The van der Waals surface area contributed by atoms with Crippen molar-refractivity contribution >= 4 is 17.9 Å². The fourth-order valence-corrected chi connectivity index (χ4v) is 4.05. The number of esters is 3. The number of carbonyl (C=O) groups excluding carboxylic acids is 3. The van der Waals surface area contributed by atoms with Crippen LogP contribution < -0.4 is 0 Å². The average molecular weight is 296 g/mol. The lowest BCUT2D eigenvalue weighted by molar-refractivity contribution is -0.166. The van der Waals surface area contributed by atoms with Gasteiger partial charge in [0.1, 0.15) is 0 Å². The normalized spacial score (nSPS) is 38.2. The Labute approximate surface area is 122 Å². The van der Waals surface area contributed by atoms with Crippen molar-refractivity contribution in [3.8, 4) is 0 Å². The second-order valence-corrected chi connectivity index (χ2v) is 6.44. The smallest absolute Gasteiger partial charge is 0.313 e. The minimum atomic E-state index is -0.967. The molecule has 116 valence electrons. The van der Waals surface area contributed by atoms with Crippen LogP contribution in [0.2, 0.25) is 0 Å². The third-order valence-electron chi connectivity index (χ3n) is 5.19. The van der Waals surface area contributed by atoms with Crippen LogP contribution in [0.5, 0.6) is 0 Å². The van der Waals surface area contributed by atoms with Crippen molar-refractivity contribution in [2.24, 2.45) is 23.7 Å². The minimum Gasteiger partial charge on any atom is -0.436 e. The van der Waals surface area contributed by atoms with Crippen molar-refractivity contribution in [1.29, 1.82) is 0 Å². The van der Waals surface area contributed by atoms with Crippen molar-refractivity contribution < 1.29 is 29.0 Å². The highest BCUT2D eigenvalue weighted by molar-refractivity contribution is 5.88. The first-order valence-corrected chi connectivity index (χ1v) is 7.64. The van der Waals surface area contributed by atoms with E-state index >= 15 is 0 Å². The fraction of sp³-hybridized carbons (Fsp3) is 0.800.